The van der Waals surface area contributed by atoms with Crippen LogP contribution in [0.2, 0.25) is 0 Å². The molecule has 0 saturated heterocycles. The van der Waals surface area contributed by atoms with Gasteiger partial charge in [-0.2, -0.15) is 5.10 Å². The van der Waals surface area contributed by atoms with E-state index in [1.54, 1.807) is 9.58 Å². The van der Waals surface area contributed by atoms with Crippen molar-refractivity contribution in [2.45, 2.75) is 18.0 Å². The van der Waals surface area contributed by atoms with Crippen LogP contribution in [0.4, 0.5) is 0 Å². The van der Waals surface area contributed by atoms with Crippen LogP contribution >= 0.6 is 0 Å². The summed E-state index contributed by atoms with van der Waals surface area (Å²) in [6.45, 7) is 1.14. The topological polar surface area (TPSA) is 91.3 Å². The molecular formula is C17H19N5O3S. The van der Waals surface area contributed by atoms with E-state index in [9.17, 15) is 13.2 Å². The minimum absolute atomic E-state index is 0.150. The SMILES string of the molecule is CN(C)S(=O)(=O)c1cnn2c1CN(C(=O)c1cc3ccccc3[nH]1)CC2. The molecule has 9 heteroatoms. The number of aromatic nitrogens is 3. The molecule has 0 saturated carbocycles. The number of carbonyl (C=O) groups excluding carboxylic acids is 1. The highest BCUT2D eigenvalue weighted by Crippen LogP contribution is 2.24. The standard InChI is InChI=1S/C17H19N5O3S/c1-20(2)26(24,25)16-10-18-22-8-7-21(11-15(16)22)17(23)14-9-12-5-3-4-6-13(12)19-14/h3-6,9-10,19H,7-8,11H2,1-2H3. The number of nitrogens with zero attached hydrogens (tertiary/aromatic N) is 4. The Labute approximate surface area is 151 Å². The van der Waals surface area contributed by atoms with E-state index in [0.29, 0.717) is 24.5 Å². The minimum atomic E-state index is -3.61. The molecule has 8 nitrogen and oxygen atoms in total. The normalized spacial score (nSPS) is 14.8. The molecule has 0 atom stereocenters. The lowest BCUT2D eigenvalue weighted by atomic mass is 10.2. The predicted molar refractivity (Wildman–Crippen MR) is 96.1 cm³/mol. The van der Waals surface area contributed by atoms with E-state index in [4.69, 9.17) is 0 Å². The molecule has 0 aliphatic carbocycles. The second-order valence-electron chi connectivity index (χ2n) is 6.46. The Kier molecular flexibility index (Phi) is 3.85. The first-order valence-corrected chi connectivity index (χ1v) is 9.66. The zero-order chi connectivity index (χ0) is 18.5. The third-order valence-electron chi connectivity index (χ3n) is 4.64. The minimum Gasteiger partial charge on any atom is -0.351 e. The van der Waals surface area contributed by atoms with Gasteiger partial charge < -0.3 is 9.88 Å². The first-order valence-electron chi connectivity index (χ1n) is 8.22. The van der Waals surface area contributed by atoms with Crippen LogP contribution in [0.5, 0.6) is 0 Å². The van der Waals surface area contributed by atoms with Gasteiger partial charge in [0.25, 0.3) is 5.91 Å². The van der Waals surface area contributed by atoms with Gasteiger partial charge in [-0.3, -0.25) is 9.48 Å². The van der Waals surface area contributed by atoms with Crippen molar-refractivity contribution in [2.75, 3.05) is 20.6 Å². The zero-order valence-electron chi connectivity index (χ0n) is 14.5. The van der Waals surface area contributed by atoms with Crippen LogP contribution in [0.1, 0.15) is 16.2 Å². The van der Waals surface area contributed by atoms with Crippen molar-refractivity contribution in [3.8, 4) is 0 Å². The molecule has 1 amide bonds. The Balaban J connectivity index is 1.66. The van der Waals surface area contributed by atoms with Gasteiger partial charge in [0.15, 0.2) is 0 Å². The maximum absolute atomic E-state index is 12.9. The van der Waals surface area contributed by atoms with Crippen LogP contribution < -0.4 is 0 Å². The number of hydrogen-bond acceptors (Lipinski definition) is 4. The molecule has 0 spiro atoms. The fraction of sp³-hybridized carbons (Fsp3) is 0.294. The van der Waals surface area contributed by atoms with Crippen molar-refractivity contribution in [2.24, 2.45) is 0 Å². The van der Waals surface area contributed by atoms with Gasteiger partial charge in [0.1, 0.15) is 10.6 Å². The molecule has 3 heterocycles. The van der Waals surface area contributed by atoms with Crippen LogP contribution in [-0.4, -0.2) is 58.9 Å². The van der Waals surface area contributed by atoms with E-state index in [1.165, 1.54) is 20.3 Å². The molecule has 0 unspecified atom stereocenters. The Morgan fingerprint density at radius 2 is 2.00 bits per heavy atom. The molecule has 0 fully saturated rings. The van der Waals surface area contributed by atoms with Crippen molar-refractivity contribution in [3.63, 3.8) is 0 Å². The van der Waals surface area contributed by atoms with Crippen molar-refractivity contribution in [3.05, 3.63) is 47.9 Å². The van der Waals surface area contributed by atoms with Gasteiger partial charge in [0.2, 0.25) is 10.0 Å². The molecule has 1 aliphatic heterocycles. The molecule has 1 aliphatic rings. The maximum Gasteiger partial charge on any atom is 0.270 e. The van der Waals surface area contributed by atoms with E-state index < -0.39 is 10.0 Å². The molecule has 3 aromatic rings. The summed E-state index contributed by atoms with van der Waals surface area (Å²) in [5.74, 6) is -0.151. The number of benzene rings is 1. The van der Waals surface area contributed by atoms with Gasteiger partial charge in [0.05, 0.1) is 25.0 Å². The average Bonchev–Trinajstić information content (AvgIpc) is 3.24. The lowest BCUT2D eigenvalue weighted by Gasteiger charge is -2.28. The van der Waals surface area contributed by atoms with Gasteiger partial charge in [-0.25, -0.2) is 12.7 Å². The summed E-state index contributed by atoms with van der Waals surface area (Å²) in [6, 6.07) is 9.50. The van der Waals surface area contributed by atoms with E-state index in [1.807, 2.05) is 30.3 Å². The third kappa shape index (κ3) is 2.60. The summed E-state index contributed by atoms with van der Waals surface area (Å²) < 4.78 is 27.8. The van der Waals surface area contributed by atoms with Gasteiger partial charge in [-0.15, -0.1) is 0 Å². The molecule has 4 rings (SSSR count). The summed E-state index contributed by atoms with van der Waals surface area (Å²) in [5.41, 5.74) is 1.93. The lowest BCUT2D eigenvalue weighted by Crippen LogP contribution is -2.39. The molecule has 1 N–H and O–H groups in total. The molecular weight excluding hydrogens is 354 g/mol. The van der Waals surface area contributed by atoms with Gasteiger partial charge >= 0.3 is 0 Å². The molecule has 0 radical (unpaired) electrons. The van der Waals surface area contributed by atoms with Crippen LogP contribution in [0.25, 0.3) is 10.9 Å². The number of carbonyl (C=O) groups is 1. The average molecular weight is 373 g/mol. The Morgan fingerprint density at radius 3 is 2.73 bits per heavy atom. The highest BCUT2D eigenvalue weighted by molar-refractivity contribution is 7.89. The number of para-hydroxylation sites is 1. The van der Waals surface area contributed by atoms with Crippen LogP contribution in [0, 0.1) is 0 Å². The number of H-pyrrole nitrogens is 1. The summed E-state index contributed by atoms with van der Waals surface area (Å²) in [5, 5.41) is 5.14. The summed E-state index contributed by atoms with van der Waals surface area (Å²) in [6.07, 6.45) is 1.36. The molecule has 26 heavy (non-hydrogen) atoms. The van der Waals surface area contributed by atoms with E-state index in [0.717, 1.165) is 15.2 Å². The number of aromatic amines is 1. The van der Waals surface area contributed by atoms with Crippen molar-refractivity contribution in [1.29, 1.82) is 0 Å². The first kappa shape index (κ1) is 16.8. The number of amides is 1. The van der Waals surface area contributed by atoms with Crippen molar-refractivity contribution < 1.29 is 13.2 Å². The van der Waals surface area contributed by atoms with Crippen LogP contribution in [0.15, 0.2) is 41.4 Å². The van der Waals surface area contributed by atoms with Gasteiger partial charge in [0, 0.05) is 31.5 Å². The number of rotatable bonds is 3. The fourth-order valence-electron chi connectivity index (χ4n) is 3.17. The largest absolute Gasteiger partial charge is 0.351 e. The maximum atomic E-state index is 12.9. The number of hydrogen-bond donors (Lipinski definition) is 1. The fourth-order valence-corrected chi connectivity index (χ4v) is 4.21. The highest BCUT2D eigenvalue weighted by Gasteiger charge is 2.31. The lowest BCUT2D eigenvalue weighted by molar-refractivity contribution is 0.0698. The molecule has 1 aromatic carbocycles. The first-order chi connectivity index (χ1) is 12.4. The van der Waals surface area contributed by atoms with Gasteiger partial charge in [-0.1, -0.05) is 18.2 Å². The van der Waals surface area contributed by atoms with Crippen LogP contribution in [0.3, 0.4) is 0 Å². The Morgan fingerprint density at radius 1 is 1.23 bits per heavy atom. The van der Waals surface area contributed by atoms with E-state index >= 15 is 0 Å². The number of nitrogens with one attached hydrogen (secondary N) is 1. The number of fused-ring (bicyclic) bond motifs is 2. The summed E-state index contributed by atoms with van der Waals surface area (Å²) >= 11 is 0. The predicted octanol–water partition coefficient (Wildman–Crippen LogP) is 1.27. The summed E-state index contributed by atoms with van der Waals surface area (Å²) in [7, 11) is -0.642. The second-order valence-corrected chi connectivity index (χ2v) is 8.58. The Bertz CT molecular complexity index is 1060. The molecule has 136 valence electrons. The van der Waals surface area contributed by atoms with E-state index in [-0.39, 0.29) is 17.3 Å². The number of sulfonamides is 1. The highest BCUT2D eigenvalue weighted by atomic mass is 32.2. The monoisotopic (exact) mass is 373 g/mol. The summed E-state index contributed by atoms with van der Waals surface area (Å²) in [4.78, 5) is 17.8. The molecule has 0 bridgehead atoms. The molecule has 2 aromatic heterocycles. The van der Waals surface area contributed by atoms with E-state index in [2.05, 4.69) is 10.1 Å². The third-order valence-corrected chi connectivity index (χ3v) is 6.50. The van der Waals surface area contributed by atoms with Gasteiger partial charge in [-0.05, 0) is 12.1 Å². The van der Waals surface area contributed by atoms with Crippen molar-refractivity contribution >= 4 is 26.8 Å². The van der Waals surface area contributed by atoms with Crippen LogP contribution in [-0.2, 0) is 23.1 Å². The quantitative estimate of drug-likeness (QED) is 0.748. The smallest absolute Gasteiger partial charge is 0.270 e. The zero-order valence-corrected chi connectivity index (χ0v) is 15.3. The van der Waals surface area contributed by atoms with Crippen molar-refractivity contribution in [1.82, 2.24) is 24.0 Å². The Hall–Kier alpha value is -2.65. The second kappa shape index (κ2) is 5.96.